The van der Waals surface area contributed by atoms with Gasteiger partial charge >= 0.3 is 0 Å². The number of benzene rings is 2. The third-order valence-corrected chi connectivity index (χ3v) is 5.79. The normalized spacial score (nSPS) is 16.6. The van der Waals surface area contributed by atoms with Crippen molar-refractivity contribution in [1.82, 2.24) is 10.2 Å². The van der Waals surface area contributed by atoms with Crippen LogP contribution >= 0.6 is 11.8 Å². The zero-order valence-corrected chi connectivity index (χ0v) is 18.4. The van der Waals surface area contributed by atoms with E-state index in [1.165, 1.54) is 0 Å². The molecule has 0 aromatic heterocycles. The summed E-state index contributed by atoms with van der Waals surface area (Å²) in [6.07, 6.45) is 0.758. The molecule has 2 heterocycles. The van der Waals surface area contributed by atoms with Crippen molar-refractivity contribution in [3.63, 3.8) is 0 Å². The molecule has 2 aromatic carbocycles. The molecular formula is C23H19N3O6S. The highest BCUT2D eigenvalue weighted by atomic mass is 32.2. The van der Waals surface area contributed by atoms with Gasteiger partial charge in [-0.1, -0.05) is 18.2 Å². The lowest BCUT2D eigenvalue weighted by Crippen LogP contribution is -2.41. The zero-order valence-electron chi connectivity index (χ0n) is 17.6. The number of thioether (sulfide) groups is 1. The highest BCUT2D eigenvalue weighted by molar-refractivity contribution is 8.18. The van der Waals surface area contributed by atoms with Gasteiger partial charge in [0, 0.05) is 13.1 Å². The minimum atomic E-state index is -0.861. The van der Waals surface area contributed by atoms with E-state index in [0.29, 0.717) is 28.4 Å². The van der Waals surface area contributed by atoms with Gasteiger partial charge in [-0.25, -0.2) is 0 Å². The number of fused-ring (bicyclic) bond motifs is 1. The number of nitriles is 1. The third kappa shape index (κ3) is 4.94. The van der Waals surface area contributed by atoms with E-state index in [1.807, 2.05) is 6.07 Å². The third-order valence-electron chi connectivity index (χ3n) is 4.88. The summed E-state index contributed by atoms with van der Waals surface area (Å²) in [4.78, 5) is 38.7. The maximum Gasteiger partial charge on any atom is 0.293 e. The van der Waals surface area contributed by atoms with Crippen LogP contribution in [0.5, 0.6) is 17.2 Å². The number of imide groups is 1. The van der Waals surface area contributed by atoms with E-state index < -0.39 is 23.2 Å². The quantitative estimate of drug-likeness (QED) is 0.620. The molecule has 1 atom stereocenters. The molecule has 3 amide bonds. The minimum Gasteiger partial charge on any atom is -0.480 e. The van der Waals surface area contributed by atoms with Crippen LogP contribution < -0.4 is 19.5 Å². The predicted molar refractivity (Wildman–Crippen MR) is 119 cm³/mol. The number of para-hydroxylation sites is 1. The lowest BCUT2D eigenvalue weighted by molar-refractivity contribution is -0.128. The van der Waals surface area contributed by atoms with Gasteiger partial charge in [0.05, 0.1) is 10.5 Å². The monoisotopic (exact) mass is 465 g/mol. The van der Waals surface area contributed by atoms with Gasteiger partial charge in [0.1, 0.15) is 11.8 Å². The Morgan fingerprint density at radius 3 is 2.88 bits per heavy atom. The molecule has 2 aromatic rings. The Balaban J connectivity index is 1.31. The second kappa shape index (κ2) is 9.67. The van der Waals surface area contributed by atoms with Crippen LogP contribution in [0.25, 0.3) is 6.08 Å². The van der Waals surface area contributed by atoms with Crippen LogP contribution in [-0.4, -0.2) is 47.9 Å². The van der Waals surface area contributed by atoms with Crippen molar-refractivity contribution in [2.45, 2.75) is 13.0 Å². The molecule has 168 valence electrons. The standard InChI is InChI=1S/C23H19N3O6S/c1-14(32-17-5-3-2-4-16(17)12-24)21(27)25-8-9-26-22(28)20(33-23(26)29)11-15-6-7-18-19(10-15)31-13-30-18/h2-7,10-11,14H,8-9,13H2,1H3,(H,25,27)/b20-11+. The Morgan fingerprint density at radius 2 is 2.06 bits per heavy atom. The Labute approximate surface area is 193 Å². The molecule has 4 rings (SSSR count). The topological polar surface area (TPSA) is 118 Å². The molecule has 0 radical (unpaired) electrons. The Hall–Kier alpha value is -3.97. The smallest absolute Gasteiger partial charge is 0.293 e. The van der Waals surface area contributed by atoms with E-state index in [9.17, 15) is 14.4 Å². The number of ether oxygens (including phenoxy) is 3. The Bertz CT molecular complexity index is 1190. The van der Waals surface area contributed by atoms with E-state index in [0.717, 1.165) is 16.7 Å². The summed E-state index contributed by atoms with van der Waals surface area (Å²) in [7, 11) is 0. The first-order valence-corrected chi connectivity index (χ1v) is 10.9. The molecule has 33 heavy (non-hydrogen) atoms. The van der Waals surface area contributed by atoms with Crippen LogP contribution in [0.3, 0.4) is 0 Å². The first-order valence-electron chi connectivity index (χ1n) is 10.0. The van der Waals surface area contributed by atoms with Crippen molar-refractivity contribution in [2.24, 2.45) is 0 Å². The van der Waals surface area contributed by atoms with Crippen LogP contribution in [-0.2, 0) is 9.59 Å². The zero-order chi connectivity index (χ0) is 23.4. The van der Waals surface area contributed by atoms with E-state index in [-0.39, 0.29) is 24.8 Å². The van der Waals surface area contributed by atoms with E-state index in [2.05, 4.69) is 5.32 Å². The molecule has 1 fully saturated rings. The van der Waals surface area contributed by atoms with Gasteiger partial charge in [0.25, 0.3) is 17.1 Å². The van der Waals surface area contributed by atoms with Crippen molar-refractivity contribution in [1.29, 1.82) is 5.26 Å². The van der Waals surface area contributed by atoms with Gasteiger partial charge < -0.3 is 19.5 Å². The van der Waals surface area contributed by atoms with Gasteiger partial charge in [-0.2, -0.15) is 5.26 Å². The van der Waals surface area contributed by atoms with Gasteiger partial charge in [0.2, 0.25) is 6.79 Å². The van der Waals surface area contributed by atoms with E-state index in [4.69, 9.17) is 19.5 Å². The van der Waals surface area contributed by atoms with Crippen LogP contribution in [0.1, 0.15) is 18.1 Å². The van der Waals surface area contributed by atoms with Crippen molar-refractivity contribution in [3.05, 3.63) is 58.5 Å². The molecule has 9 nitrogen and oxygen atoms in total. The number of hydrogen-bond donors (Lipinski definition) is 1. The first-order chi connectivity index (χ1) is 16.0. The SMILES string of the molecule is CC(Oc1ccccc1C#N)C(=O)NCCN1C(=O)S/C(=C/c2ccc3c(c2)OCO3)C1=O. The Kier molecular flexibility index (Phi) is 6.51. The predicted octanol–water partition coefficient (Wildman–Crippen LogP) is 2.91. The summed E-state index contributed by atoms with van der Waals surface area (Å²) in [6, 6.07) is 13.9. The summed E-state index contributed by atoms with van der Waals surface area (Å²) in [6.45, 7) is 1.80. The van der Waals surface area contributed by atoms with Crippen molar-refractivity contribution < 1.29 is 28.6 Å². The molecule has 0 spiro atoms. The first kappa shape index (κ1) is 22.2. The van der Waals surface area contributed by atoms with Crippen LogP contribution in [0.2, 0.25) is 0 Å². The number of rotatable bonds is 7. The summed E-state index contributed by atoms with van der Waals surface area (Å²) in [5.74, 6) is 0.668. The van der Waals surface area contributed by atoms with Crippen LogP contribution in [0, 0.1) is 11.3 Å². The summed E-state index contributed by atoms with van der Waals surface area (Å²) in [5, 5.41) is 11.4. The highest BCUT2D eigenvalue weighted by Gasteiger charge is 2.35. The number of carbonyl (C=O) groups is 3. The van der Waals surface area contributed by atoms with E-state index in [1.54, 1.807) is 55.5 Å². The van der Waals surface area contributed by atoms with Gasteiger partial charge in [0.15, 0.2) is 17.6 Å². The molecule has 1 saturated heterocycles. The summed E-state index contributed by atoms with van der Waals surface area (Å²) in [5.41, 5.74) is 1.03. The van der Waals surface area contributed by atoms with Gasteiger partial charge in [-0.3, -0.25) is 19.3 Å². The van der Waals surface area contributed by atoms with Crippen molar-refractivity contribution in [3.8, 4) is 23.3 Å². The van der Waals surface area contributed by atoms with E-state index >= 15 is 0 Å². The van der Waals surface area contributed by atoms with Crippen LogP contribution in [0.4, 0.5) is 4.79 Å². The van der Waals surface area contributed by atoms with Gasteiger partial charge in [-0.05, 0) is 54.6 Å². The number of hydrogen-bond acceptors (Lipinski definition) is 8. The fourth-order valence-electron chi connectivity index (χ4n) is 3.19. The molecule has 1 unspecified atom stereocenters. The van der Waals surface area contributed by atoms with Gasteiger partial charge in [-0.15, -0.1) is 0 Å². The summed E-state index contributed by atoms with van der Waals surface area (Å²) >= 11 is 0.839. The molecule has 1 N–H and O–H groups in total. The molecule has 10 heteroatoms. The van der Waals surface area contributed by atoms with Crippen molar-refractivity contribution in [2.75, 3.05) is 19.9 Å². The maximum absolute atomic E-state index is 12.7. The molecule has 0 aliphatic carbocycles. The highest BCUT2D eigenvalue weighted by Crippen LogP contribution is 2.36. The largest absolute Gasteiger partial charge is 0.480 e. The fraction of sp³-hybridized carbons (Fsp3) is 0.217. The number of nitrogens with one attached hydrogen (secondary N) is 1. The minimum absolute atomic E-state index is 0.0242. The molecule has 2 aliphatic rings. The lowest BCUT2D eigenvalue weighted by Gasteiger charge is -2.17. The number of amides is 3. The number of carbonyl (C=O) groups excluding carboxylic acids is 3. The average molecular weight is 465 g/mol. The second-order valence-electron chi connectivity index (χ2n) is 7.11. The molecular weight excluding hydrogens is 446 g/mol. The second-order valence-corrected chi connectivity index (χ2v) is 8.10. The Morgan fingerprint density at radius 1 is 1.27 bits per heavy atom. The molecule has 0 bridgehead atoms. The lowest BCUT2D eigenvalue weighted by atomic mass is 10.2. The van der Waals surface area contributed by atoms with Crippen LogP contribution in [0.15, 0.2) is 47.4 Å². The maximum atomic E-state index is 12.7. The molecule has 2 aliphatic heterocycles. The average Bonchev–Trinajstić information content (AvgIpc) is 3.38. The fourth-order valence-corrected chi connectivity index (χ4v) is 4.05. The molecule has 0 saturated carbocycles. The van der Waals surface area contributed by atoms with Crippen molar-refractivity contribution >= 4 is 34.9 Å². The summed E-state index contributed by atoms with van der Waals surface area (Å²) < 4.78 is 16.2. The number of nitrogens with zero attached hydrogens (tertiary/aromatic N) is 2.